The van der Waals surface area contributed by atoms with Crippen LogP contribution in [0.15, 0.2) is 29.4 Å². The highest BCUT2D eigenvalue weighted by atomic mass is 32.2. The number of hydrogen-bond acceptors (Lipinski definition) is 6. The number of rotatable bonds is 7. The van der Waals surface area contributed by atoms with E-state index < -0.39 is 53.6 Å². The zero-order chi connectivity index (χ0) is 21.8. The summed E-state index contributed by atoms with van der Waals surface area (Å²) in [6, 6.07) is 4.97. The molecule has 0 saturated heterocycles. The average Bonchev–Trinajstić information content (AvgIpc) is 2.59. The van der Waals surface area contributed by atoms with Gasteiger partial charge >= 0.3 is 17.2 Å². The highest BCUT2D eigenvalue weighted by Crippen LogP contribution is 2.33. The van der Waals surface area contributed by atoms with E-state index in [1.807, 2.05) is 6.92 Å². The van der Waals surface area contributed by atoms with Gasteiger partial charge in [-0.3, -0.25) is 0 Å². The molecular formula is C16H15F6N3O3S. The lowest BCUT2D eigenvalue weighted by Crippen LogP contribution is -2.24. The normalized spacial score (nSPS) is 13.1. The summed E-state index contributed by atoms with van der Waals surface area (Å²) in [4.78, 5) is 6.24. The second kappa shape index (κ2) is 8.95. The van der Waals surface area contributed by atoms with E-state index in [-0.39, 0.29) is 0 Å². The van der Waals surface area contributed by atoms with Crippen LogP contribution in [0.3, 0.4) is 0 Å². The predicted octanol–water partition coefficient (Wildman–Crippen LogP) is 4.11. The van der Waals surface area contributed by atoms with Gasteiger partial charge in [0.1, 0.15) is 17.7 Å². The van der Waals surface area contributed by atoms with Crippen LogP contribution in [0.25, 0.3) is 0 Å². The number of ether oxygens (including phenoxy) is 2. The van der Waals surface area contributed by atoms with Crippen molar-refractivity contribution in [2.45, 2.75) is 31.1 Å². The number of nitrogens with one attached hydrogen (secondary N) is 1. The van der Waals surface area contributed by atoms with Gasteiger partial charge in [-0.1, -0.05) is 17.7 Å². The molecule has 1 atom stereocenters. The van der Waals surface area contributed by atoms with Crippen LogP contribution in [0.5, 0.6) is 11.8 Å². The summed E-state index contributed by atoms with van der Waals surface area (Å²) >= 11 is -2.39. The zero-order valence-corrected chi connectivity index (χ0v) is 15.8. The van der Waals surface area contributed by atoms with Crippen molar-refractivity contribution < 1.29 is 40.4 Å². The highest BCUT2D eigenvalue weighted by molar-refractivity contribution is 7.93. The van der Waals surface area contributed by atoms with Crippen LogP contribution >= 0.6 is 0 Å². The van der Waals surface area contributed by atoms with Gasteiger partial charge in [0.2, 0.25) is 0 Å². The fourth-order valence-corrected chi connectivity index (χ4v) is 3.16. The number of anilines is 1. The van der Waals surface area contributed by atoms with Crippen LogP contribution in [-0.2, 0) is 11.4 Å². The SMILES string of the molecule is Cc1ccc(N[S+]([O-])c2c(OCC(F)(F)F)ncnc2OCC(F)(F)F)c(C)c1. The standard InChI is InChI=1S/C16H15F6N3O3S/c1-9-3-4-11(10(2)5-9)25-29(26)12-13(27-6-15(17,18)19)23-8-24-14(12)28-7-16(20,21)22/h3-5,8,25H,6-7H2,1-2H3. The van der Waals surface area contributed by atoms with E-state index in [4.69, 9.17) is 0 Å². The first-order chi connectivity index (χ1) is 13.4. The summed E-state index contributed by atoms with van der Waals surface area (Å²) in [5.41, 5.74) is 1.87. The van der Waals surface area contributed by atoms with Crippen LogP contribution < -0.4 is 14.2 Å². The molecule has 0 spiro atoms. The van der Waals surface area contributed by atoms with Gasteiger partial charge in [0, 0.05) is 0 Å². The Morgan fingerprint density at radius 1 is 0.966 bits per heavy atom. The van der Waals surface area contributed by atoms with E-state index in [1.54, 1.807) is 25.1 Å². The Labute approximate surface area is 164 Å². The quantitative estimate of drug-likeness (QED) is 0.513. The van der Waals surface area contributed by atoms with E-state index in [9.17, 15) is 30.9 Å². The minimum atomic E-state index is -4.75. The highest BCUT2D eigenvalue weighted by Gasteiger charge is 2.35. The minimum absolute atomic E-state index is 0.335. The van der Waals surface area contributed by atoms with Crippen LogP contribution in [-0.4, -0.2) is 40.1 Å². The van der Waals surface area contributed by atoms with Gasteiger partial charge in [0.05, 0.1) is 5.69 Å². The molecule has 160 valence electrons. The number of nitrogens with zero attached hydrogens (tertiary/aromatic N) is 2. The third-order valence-electron chi connectivity index (χ3n) is 3.25. The topological polar surface area (TPSA) is 79.3 Å². The number of aromatic nitrogens is 2. The van der Waals surface area contributed by atoms with E-state index in [1.165, 1.54) is 0 Å². The number of alkyl halides is 6. The Bertz CT molecular complexity index is 811. The summed E-state index contributed by atoms with van der Waals surface area (Å²) in [5, 5.41) is 0. The zero-order valence-electron chi connectivity index (χ0n) is 15.0. The molecular weight excluding hydrogens is 428 g/mol. The van der Waals surface area contributed by atoms with E-state index in [0.717, 1.165) is 5.56 Å². The fraction of sp³-hybridized carbons (Fsp3) is 0.375. The van der Waals surface area contributed by atoms with Crippen molar-refractivity contribution >= 4 is 17.0 Å². The smallest absolute Gasteiger partial charge is 0.422 e. The molecule has 1 aromatic heterocycles. The molecule has 1 heterocycles. The van der Waals surface area contributed by atoms with Crippen LogP contribution in [0.4, 0.5) is 32.0 Å². The third-order valence-corrected chi connectivity index (χ3v) is 4.38. The average molecular weight is 443 g/mol. The molecule has 1 N–H and O–H groups in total. The summed E-state index contributed by atoms with van der Waals surface area (Å²) < 4.78 is 99.1. The third kappa shape index (κ3) is 7.16. The van der Waals surface area contributed by atoms with Crippen molar-refractivity contribution in [3.63, 3.8) is 0 Å². The second-order valence-electron chi connectivity index (χ2n) is 5.81. The molecule has 29 heavy (non-hydrogen) atoms. The Morgan fingerprint density at radius 3 is 1.93 bits per heavy atom. The van der Waals surface area contributed by atoms with Gasteiger partial charge in [-0.05, 0) is 25.5 Å². The molecule has 0 aliphatic rings. The minimum Gasteiger partial charge on any atom is -0.588 e. The molecule has 1 unspecified atom stereocenters. The summed E-state index contributed by atoms with van der Waals surface area (Å²) in [7, 11) is 0. The lowest BCUT2D eigenvalue weighted by Gasteiger charge is -2.18. The van der Waals surface area contributed by atoms with Crippen molar-refractivity contribution in [2.24, 2.45) is 0 Å². The summed E-state index contributed by atoms with van der Waals surface area (Å²) in [6.45, 7) is -0.103. The molecule has 0 saturated carbocycles. The van der Waals surface area contributed by atoms with Gasteiger partial charge in [-0.25, -0.2) is 4.72 Å². The largest absolute Gasteiger partial charge is 0.588 e. The summed E-state index contributed by atoms with van der Waals surface area (Å²) in [5.74, 6) is -1.63. The van der Waals surface area contributed by atoms with Gasteiger partial charge in [0.25, 0.3) is 11.8 Å². The molecule has 0 aliphatic heterocycles. The number of benzene rings is 1. The Morgan fingerprint density at radius 2 is 1.48 bits per heavy atom. The van der Waals surface area contributed by atoms with Crippen molar-refractivity contribution in [2.75, 3.05) is 17.9 Å². The molecule has 0 amide bonds. The van der Waals surface area contributed by atoms with Crippen molar-refractivity contribution in [3.05, 3.63) is 35.7 Å². The molecule has 1 aromatic carbocycles. The Kier molecular flexibility index (Phi) is 7.06. The van der Waals surface area contributed by atoms with Gasteiger partial charge in [-0.15, -0.1) is 0 Å². The molecule has 0 aliphatic carbocycles. The maximum Gasteiger partial charge on any atom is 0.422 e. The first kappa shape index (κ1) is 22.9. The first-order valence-electron chi connectivity index (χ1n) is 7.85. The molecule has 0 radical (unpaired) electrons. The van der Waals surface area contributed by atoms with Crippen LogP contribution in [0, 0.1) is 13.8 Å². The van der Waals surface area contributed by atoms with Crippen LogP contribution in [0.2, 0.25) is 0 Å². The first-order valence-corrected chi connectivity index (χ1v) is 9.00. The maximum absolute atomic E-state index is 12.7. The fourth-order valence-electron chi connectivity index (χ4n) is 2.09. The summed E-state index contributed by atoms with van der Waals surface area (Å²) in [6.07, 6.45) is -8.86. The van der Waals surface area contributed by atoms with Crippen molar-refractivity contribution in [1.29, 1.82) is 0 Å². The number of halogens is 6. The second-order valence-corrected chi connectivity index (χ2v) is 6.96. The lowest BCUT2D eigenvalue weighted by atomic mass is 10.1. The Hall–Kier alpha value is -2.41. The van der Waals surface area contributed by atoms with Crippen molar-refractivity contribution in [3.8, 4) is 11.8 Å². The van der Waals surface area contributed by atoms with Crippen molar-refractivity contribution in [1.82, 2.24) is 9.97 Å². The monoisotopic (exact) mass is 443 g/mol. The number of aryl methyl sites for hydroxylation is 2. The molecule has 13 heteroatoms. The van der Waals surface area contributed by atoms with Gasteiger partial charge in [-0.2, -0.15) is 36.3 Å². The maximum atomic E-state index is 12.7. The number of hydrogen-bond donors (Lipinski definition) is 1. The van der Waals surface area contributed by atoms with E-state index in [2.05, 4.69) is 24.2 Å². The molecule has 2 aromatic rings. The molecule has 0 bridgehead atoms. The van der Waals surface area contributed by atoms with Gasteiger partial charge in [0.15, 0.2) is 13.2 Å². The lowest BCUT2D eigenvalue weighted by molar-refractivity contribution is -0.155. The van der Waals surface area contributed by atoms with Crippen LogP contribution in [0.1, 0.15) is 11.1 Å². The van der Waals surface area contributed by atoms with Gasteiger partial charge < -0.3 is 14.0 Å². The predicted molar refractivity (Wildman–Crippen MR) is 91.1 cm³/mol. The molecule has 2 rings (SSSR count). The molecule has 0 fully saturated rings. The van der Waals surface area contributed by atoms with E-state index >= 15 is 0 Å². The molecule has 6 nitrogen and oxygen atoms in total. The Balaban J connectivity index is 2.37. The van der Waals surface area contributed by atoms with E-state index in [0.29, 0.717) is 17.6 Å².